The smallest absolute Gasteiger partial charge is 0.243 e. The van der Waals surface area contributed by atoms with E-state index in [2.05, 4.69) is 5.32 Å². The molecule has 1 N–H and O–H groups in total. The van der Waals surface area contributed by atoms with Crippen LogP contribution in [-0.4, -0.2) is 52.0 Å². The van der Waals surface area contributed by atoms with Crippen LogP contribution in [0.3, 0.4) is 0 Å². The van der Waals surface area contributed by atoms with Crippen molar-refractivity contribution in [1.29, 1.82) is 0 Å². The number of hydrogen-bond acceptors (Lipinski definition) is 4. The molecule has 0 spiro atoms. The summed E-state index contributed by atoms with van der Waals surface area (Å²) in [6.45, 7) is 1.62. The number of rotatable bonds is 7. The Balaban J connectivity index is 1.73. The van der Waals surface area contributed by atoms with E-state index in [0.29, 0.717) is 49.5 Å². The summed E-state index contributed by atoms with van der Waals surface area (Å²) in [5.74, 6) is -0.188. The van der Waals surface area contributed by atoms with Gasteiger partial charge in [-0.3, -0.25) is 4.79 Å². The minimum atomic E-state index is -3.63. The maximum Gasteiger partial charge on any atom is 0.243 e. The standard InChI is InChI=1S/C21H26N2O4S/c1-27-16-13-22-21(24)18-11-14-23(15-12-18)28(25,26)20-10-6-5-9-19(20)17-7-3-2-4-8-17/h2-10,18H,11-16H2,1H3,(H,22,24). The zero-order valence-corrected chi connectivity index (χ0v) is 16.8. The highest BCUT2D eigenvalue weighted by atomic mass is 32.2. The van der Waals surface area contributed by atoms with Crippen molar-refractivity contribution >= 4 is 15.9 Å². The van der Waals surface area contributed by atoms with Crippen molar-refractivity contribution in [3.63, 3.8) is 0 Å². The third kappa shape index (κ3) is 4.60. The molecule has 0 unspecified atom stereocenters. The lowest BCUT2D eigenvalue weighted by Gasteiger charge is -2.31. The highest BCUT2D eigenvalue weighted by Crippen LogP contribution is 2.31. The summed E-state index contributed by atoms with van der Waals surface area (Å²) in [5.41, 5.74) is 1.57. The second-order valence-electron chi connectivity index (χ2n) is 6.82. The molecule has 7 heteroatoms. The maximum absolute atomic E-state index is 13.3. The van der Waals surface area contributed by atoms with Gasteiger partial charge in [-0.05, 0) is 24.5 Å². The lowest BCUT2D eigenvalue weighted by Crippen LogP contribution is -2.43. The van der Waals surface area contributed by atoms with Gasteiger partial charge in [-0.15, -0.1) is 0 Å². The number of benzene rings is 2. The molecular weight excluding hydrogens is 376 g/mol. The molecule has 1 aliphatic heterocycles. The molecule has 2 aromatic rings. The number of carbonyl (C=O) groups is 1. The van der Waals surface area contributed by atoms with E-state index < -0.39 is 10.0 Å². The second kappa shape index (κ2) is 9.32. The molecular formula is C21H26N2O4S. The average Bonchev–Trinajstić information content (AvgIpc) is 2.74. The first-order valence-corrected chi connectivity index (χ1v) is 10.9. The molecule has 1 fully saturated rings. The third-order valence-corrected chi connectivity index (χ3v) is 6.98. The number of hydrogen-bond donors (Lipinski definition) is 1. The Hall–Kier alpha value is -2.22. The molecule has 1 amide bonds. The molecule has 150 valence electrons. The molecule has 1 aliphatic rings. The summed E-state index contributed by atoms with van der Waals surface area (Å²) in [6, 6.07) is 16.6. The Morgan fingerprint density at radius 2 is 1.71 bits per heavy atom. The molecule has 2 aromatic carbocycles. The summed E-state index contributed by atoms with van der Waals surface area (Å²) in [5, 5.41) is 2.84. The van der Waals surface area contributed by atoms with E-state index in [1.54, 1.807) is 19.2 Å². The SMILES string of the molecule is COCCNC(=O)C1CCN(S(=O)(=O)c2ccccc2-c2ccccc2)CC1. The van der Waals surface area contributed by atoms with Crippen LogP contribution in [0.2, 0.25) is 0 Å². The topological polar surface area (TPSA) is 75.7 Å². The Morgan fingerprint density at radius 1 is 1.07 bits per heavy atom. The Morgan fingerprint density at radius 3 is 2.39 bits per heavy atom. The Kier molecular flexibility index (Phi) is 6.83. The zero-order chi connectivity index (χ0) is 20.0. The first-order chi connectivity index (χ1) is 13.5. The van der Waals surface area contributed by atoms with Crippen LogP contribution in [0.1, 0.15) is 12.8 Å². The van der Waals surface area contributed by atoms with Crippen LogP contribution in [0.5, 0.6) is 0 Å². The molecule has 6 nitrogen and oxygen atoms in total. The number of piperidine rings is 1. The fourth-order valence-electron chi connectivity index (χ4n) is 3.47. The van der Waals surface area contributed by atoms with Gasteiger partial charge in [0.2, 0.25) is 15.9 Å². The predicted molar refractivity (Wildman–Crippen MR) is 108 cm³/mol. The molecule has 0 aliphatic carbocycles. The van der Waals surface area contributed by atoms with Gasteiger partial charge in [0.25, 0.3) is 0 Å². The van der Waals surface area contributed by atoms with Crippen molar-refractivity contribution in [2.24, 2.45) is 5.92 Å². The van der Waals surface area contributed by atoms with Gasteiger partial charge in [-0.25, -0.2) is 8.42 Å². The lowest BCUT2D eigenvalue weighted by molar-refractivity contribution is -0.126. The summed E-state index contributed by atoms with van der Waals surface area (Å²) in [6.07, 6.45) is 1.04. The normalized spacial score (nSPS) is 16.0. The second-order valence-corrected chi connectivity index (χ2v) is 8.73. The van der Waals surface area contributed by atoms with E-state index in [1.165, 1.54) is 4.31 Å². The van der Waals surface area contributed by atoms with Crippen LogP contribution in [-0.2, 0) is 19.6 Å². The summed E-state index contributed by atoms with van der Waals surface area (Å²) >= 11 is 0. The molecule has 1 heterocycles. The Bertz CT molecular complexity index is 892. The van der Waals surface area contributed by atoms with E-state index in [1.807, 2.05) is 42.5 Å². The minimum absolute atomic E-state index is 0.0289. The molecule has 1 saturated heterocycles. The first-order valence-electron chi connectivity index (χ1n) is 9.45. The highest BCUT2D eigenvalue weighted by molar-refractivity contribution is 7.89. The lowest BCUT2D eigenvalue weighted by atomic mass is 9.97. The zero-order valence-electron chi connectivity index (χ0n) is 16.0. The van der Waals surface area contributed by atoms with Crippen LogP contribution < -0.4 is 5.32 Å². The summed E-state index contributed by atoms with van der Waals surface area (Å²) < 4.78 is 33.0. The van der Waals surface area contributed by atoms with Crippen LogP contribution in [0.15, 0.2) is 59.5 Å². The van der Waals surface area contributed by atoms with Crippen LogP contribution >= 0.6 is 0 Å². The van der Waals surface area contributed by atoms with Gasteiger partial charge in [0.1, 0.15) is 0 Å². The van der Waals surface area contributed by atoms with Gasteiger partial charge in [-0.1, -0.05) is 48.5 Å². The number of nitrogens with zero attached hydrogens (tertiary/aromatic N) is 1. The van der Waals surface area contributed by atoms with Crippen molar-refractivity contribution in [1.82, 2.24) is 9.62 Å². The van der Waals surface area contributed by atoms with Crippen molar-refractivity contribution < 1.29 is 17.9 Å². The first kappa shape index (κ1) is 20.5. The average molecular weight is 403 g/mol. The van der Waals surface area contributed by atoms with Gasteiger partial charge >= 0.3 is 0 Å². The van der Waals surface area contributed by atoms with E-state index in [-0.39, 0.29) is 11.8 Å². The van der Waals surface area contributed by atoms with Crippen LogP contribution in [0, 0.1) is 5.92 Å². The molecule has 0 bridgehead atoms. The fraction of sp³-hybridized carbons (Fsp3) is 0.381. The highest BCUT2D eigenvalue weighted by Gasteiger charge is 2.33. The van der Waals surface area contributed by atoms with Crippen molar-refractivity contribution in [3.8, 4) is 11.1 Å². The Labute approximate surface area is 166 Å². The fourth-order valence-corrected chi connectivity index (χ4v) is 5.15. The number of amides is 1. The summed E-state index contributed by atoms with van der Waals surface area (Å²) in [4.78, 5) is 12.5. The molecule has 0 aromatic heterocycles. The number of sulfonamides is 1. The number of ether oxygens (including phenoxy) is 1. The molecule has 28 heavy (non-hydrogen) atoms. The predicted octanol–water partition coefficient (Wildman–Crippen LogP) is 2.52. The van der Waals surface area contributed by atoms with Gasteiger partial charge < -0.3 is 10.1 Å². The van der Waals surface area contributed by atoms with Gasteiger partial charge in [0.05, 0.1) is 11.5 Å². The van der Waals surface area contributed by atoms with Gasteiger partial charge in [0.15, 0.2) is 0 Å². The van der Waals surface area contributed by atoms with E-state index >= 15 is 0 Å². The molecule has 0 radical (unpaired) electrons. The third-order valence-electron chi connectivity index (χ3n) is 5.02. The maximum atomic E-state index is 13.3. The number of carbonyl (C=O) groups excluding carboxylic acids is 1. The van der Waals surface area contributed by atoms with Crippen molar-refractivity contribution in [2.45, 2.75) is 17.7 Å². The molecule has 3 rings (SSSR count). The van der Waals surface area contributed by atoms with Crippen molar-refractivity contribution in [3.05, 3.63) is 54.6 Å². The van der Waals surface area contributed by atoms with Gasteiger partial charge in [0, 0.05) is 38.2 Å². The number of methoxy groups -OCH3 is 1. The molecule has 0 saturated carbocycles. The minimum Gasteiger partial charge on any atom is -0.383 e. The van der Waals surface area contributed by atoms with Crippen LogP contribution in [0.25, 0.3) is 11.1 Å². The van der Waals surface area contributed by atoms with E-state index in [9.17, 15) is 13.2 Å². The van der Waals surface area contributed by atoms with E-state index in [0.717, 1.165) is 5.56 Å². The quantitative estimate of drug-likeness (QED) is 0.722. The number of nitrogens with one attached hydrogen (secondary N) is 1. The van der Waals surface area contributed by atoms with Gasteiger partial charge in [-0.2, -0.15) is 4.31 Å². The molecule has 0 atom stereocenters. The summed E-state index contributed by atoms with van der Waals surface area (Å²) in [7, 11) is -2.04. The largest absolute Gasteiger partial charge is 0.383 e. The van der Waals surface area contributed by atoms with E-state index in [4.69, 9.17) is 4.74 Å². The van der Waals surface area contributed by atoms with Crippen LogP contribution in [0.4, 0.5) is 0 Å². The van der Waals surface area contributed by atoms with Crippen molar-refractivity contribution in [2.75, 3.05) is 33.4 Å². The monoisotopic (exact) mass is 402 g/mol.